The van der Waals surface area contributed by atoms with Gasteiger partial charge in [0, 0.05) is 37.1 Å². The van der Waals surface area contributed by atoms with Crippen LogP contribution in [-0.4, -0.2) is 90.6 Å². The minimum atomic E-state index is -5.08. The summed E-state index contributed by atoms with van der Waals surface area (Å²) in [7, 11) is -4.14. The number of aromatic nitrogens is 2. The third kappa shape index (κ3) is 9.64. The summed E-state index contributed by atoms with van der Waals surface area (Å²) in [5, 5.41) is 30.9. The van der Waals surface area contributed by atoms with Crippen LogP contribution in [0, 0.1) is 20.8 Å². The lowest BCUT2D eigenvalue weighted by atomic mass is 10.1. The molecular formula is C28H34F3N7O7S. The highest BCUT2D eigenvalue weighted by Gasteiger charge is 2.38. The summed E-state index contributed by atoms with van der Waals surface area (Å²) in [4.78, 5) is 37.9. The van der Waals surface area contributed by atoms with Gasteiger partial charge in [0.25, 0.3) is 5.91 Å². The van der Waals surface area contributed by atoms with E-state index in [0.29, 0.717) is 23.2 Å². The molecule has 18 heteroatoms. The fourth-order valence-electron chi connectivity index (χ4n) is 4.67. The standard InChI is InChI=1S/C26H33N7O5S.C2HF3O2/c1-16-11-17(2)23(18(3)12-16)39(37,38)32-21(25(35)36)15-30-24(34)19-5-6-22-20(13-19)14-31-33(22)10-4-7-27-26-28-8-9-29-26;3-2(4,5)1(6)7/h5-6,11-14,21,32H,4,7-10,15H2,1-3H3,(H,30,34)(H,35,36)(H2,27,28,29);(H,6,7)/t21-;/m0./s1. The van der Waals surface area contributed by atoms with Gasteiger partial charge in [-0.05, 0) is 56.5 Å². The van der Waals surface area contributed by atoms with E-state index in [0.717, 1.165) is 48.5 Å². The zero-order valence-electron chi connectivity index (χ0n) is 25.1. The van der Waals surface area contributed by atoms with Gasteiger partial charge >= 0.3 is 18.1 Å². The first-order valence-electron chi connectivity index (χ1n) is 13.9. The number of sulfonamides is 1. The quantitative estimate of drug-likeness (QED) is 0.163. The predicted molar refractivity (Wildman–Crippen MR) is 161 cm³/mol. The van der Waals surface area contributed by atoms with Crippen molar-refractivity contribution in [1.29, 1.82) is 0 Å². The lowest BCUT2D eigenvalue weighted by molar-refractivity contribution is -0.192. The molecule has 14 nitrogen and oxygen atoms in total. The van der Waals surface area contributed by atoms with Gasteiger partial charge < -0.3 is 26.2 Å². The lowest BCUT2D eigenvalue weighted by Gasteiger charge is -2.18. The molecule has 250 valence electrons. The molecule has 1 aromatic heterocycles. The van der Waals surface area contributed by atoms with Crippen LogP contribution in [0.3, 0.4) is 0 Å². The number of hydrogen-bond donors (Lipinski definition) is 6. The molecule has 1 amide bonds. The monoisotopic (exact) mass is 669 g/mol. The maximum absolute atomic E-state index is 13.0. The van der Waals surface area contributed by atoms with Gasteiger partial charge in [0.15, 0.2) is 5.96 Å². The maximum atomic E-state index is 13.0. The zero-order valence-corrected chi connectivity index (χ0v) is 25.9. The summed E-state index contributed by atoms with van der Waals surface area (Å²) >= 11 is 0. The van der Waals surface area contributed by atoms with E-state index >= 15 is 0 Å². The fourth-order valence-corrected chi connectivity index (χ4v) is 6.31. The van der Waals surface area contributed by atoms with E-state index in [1.807, 2.05) is 11.6 Å². The van der Waals surface area contributed by atoms with Crippen LogP contribution in [0.5, 0.6) is 0 Å². The van der Waals surface area contributed by atoms with Gasteiger partial charge in [0.05, 0.1) is 23.2 Å². The number of guanidine groups is 1. The third-order valence-corrected chi connectivity index (χ3v) is 8.37. The van der Waals surface area contributed by atoms with Gasteiger partial charge in [-0.15, -0.1) is 0 Å². The number of nitrogens with one attached hydrogen (secondary N) is 4. The largest absolute Gasteiger partial charge is 0.490 e. The van der Waals surface area contributed by atoms with Crippen LogP contribution in [0.15, 0.2) is 46.4 Å². The molecule has 2 aromatic carbocycles. The molecule has 1 aliphatic heterocycles. The van der Waals surface area contributed by atoms with Crippen LogP contribution in [-0.2, 0) is 26.2 Å². The highest BCUT2D eigenvalue weighted by molar-refractivity contribution is 7.89. The minimum Gasteiger partial charge on any atom is -0.480 e. The number of aryl methyl sites for hydroxylation is 4. The van der Waals surface area contributed by atoms with Crippen molar-refractivity contribution in [2.45, 2.75) is 50.9 Å². The number of carboxylic acid groups (broad SMARTS) is 2. The summed E-state index contributed by atoms with van der Waals surface area (Å²) in [6, 6.07) is 6.97. The normalized spacial score (nSPS) is 13.7. The van der Waals surface area contributed by atoms with Crippen molar-refractivity contribution in [2.75, 3.05) is 26.2 Å². The van der Waals surface area contributed by atoms with E-state index in [-0.39, 0.29) is 4.90 Å². The van der Waals surface area contributed by atoms with E-state index in [4.69, 9.17) is 9.90 Å². The number of aliphatic imine (C=N–C) groups is 1. The number of fused-ring (bicyclic) bond motifs is 1. The summed E-state index contributed by atoms with van der Waals surface area (Å²) < 4.78 is 61.8. The first-order valence-corrected chi connectivity index (χ1v) is 15.4. The molecule has 46 heavy (non-hydrogen) atoms. The molecule has 6 N–H and O–H groups in total. The van der Waals surface area contributed by atoms with Gasteiger partial charge in [-0.25, -0.2) is 13.2 Å². The van der Waals surface area contributed by atoms with Crippen molar-refractivity contribution >= 4 is 44.7 Å². The Bertz CT molecular complexity index is 1720. The second-order valence-corrected chi connectivity index (χ2v) is 12.0. The molecule has 0 aliphatic carbocycles. The number of carbonyl (C=O) groups is 3. The Hall–Kier alpha value is -4.71. The van der Waals surface area contributed by atoms with Crippen molar-refractivity contribution in [2.24, 2.45) is 4.99 Å². The second-order valence-electron chi connectivity index (χ2n) is 10.3. The first kappa shape index (κ1) is 35.8. The SMILES string of the molecule is Cc1cc(C)c(S(=O)(=O)N[C@@H](CNC(=O)c2ccc3c(cnn3CCCNC3=NCCN3)c2)C(=O)O)c(C)c1.O=C(O)C(F)(F)F. The smallest absolute Gasteiger partial charge is 0.480 e. The van der Waals surface area contributed by atoms with Gasteiger partial charge in [-0.2, -0.15) is 23.0 Å². The number of amides is 1. The third-order valence-electron chi connectivity index (χ3n) is 6.60. The average molecular weight is 670 g/mol. The number of carboxylic acids is 2. The second kappa shape index (κ2) is 15.0. The Labute approximate surface area is 262 Å². The zero-order chi connectivity index (χ0) is 34.2. The number of halogens is 3. The Morgan fingerprint density at radius 2 is 1.74 bits per heavy atom. The Kier molecular flexibility index (Phi) is 11.7. The Balaban J connectivity index is 0.000000738. The Morgan fingerprint density at radius 3 is 2.30 bits per heavy atom. The topological polar surface area (TPSA) is 204 Å². The van der Waals surface area contributed by atoms with E-state index in [2.05, 4.69) is 30.8 Å². The first-order chi connectivity index (χ1) is 21.5. The van der Waals surface area contributed by atoms with Crippen molar-refractivity contribution in [3.63, 3.8) is 0 Å². The number of carbonyl (C=O) groups excluding carboxylic acids is 1. The summed E-state index contributed by atoms with van der Waals surface area (Å²) in [5.74, 6) is -3.86. The molecule has 1 atom stereocenters. The van der Waals surface area contributed by atoms with Gasteiger partial charge in [-0.3, -0.25) is 19.3 Å². The van der Waals surface area contributed by atoms with Crippen molar-refractivity contribution in [1.82, 2.24) is 30.5 Å². The molecule has 4 rings (SSSR count). The van der Waals surface area contributed by atoms with Crippen LogP contribution in [0.4, 0.5) is 13.2 Å². The van der Waals surface area contributed by atoms with Crippen LogP contribution in [0.2, 0.25) is 0 Å². The van der Waals surface area contributed by atoms with E-state index in [1.165, 1.54) is 0 Å². The number of alkyl halides is 3. The molecule has 3 aromatic rings. The number of benzene rings is 2. The summed E-state index contributed by atoms with van der Waals surface area (Å²) in [6.45, 7) is 7.78. The van der Waals surface area contributed by atoms with Gasteiger partial charge in [0.2, 0.25) is 10.0 Å². The van der Waals surface area contributed by atoms with Gasteiger partial charge in [-0.1, -0.05) is 17.7 Å². The lowest BCUT2D eigenvalue weighted by Crippen LogP contribution is -2.48. The van der Waals surface area contributed by atoms with E-state index in [1.54, 1.807) is 50.4 Å². The summed E-state index contributed by atoms with van der Waals surface area (Å²) in [6.07, 6.45) is -2.59. The van der Waals surface area contributed by atoms with Crippen molar-refractivity contribution in [3.05, 3.63) is 58.8 Å². The molecular weight excluding hydrogens is 635 g/mol. The highest BCUT2D eigenvalue weighted by Crippen LogP contribution is 2.22. The van der Waals surface area contributed by atoms with Crippen LogP contribution >= 0.6 is 0 Å². The fraction of sp³-hybridized carbons (Fsp3) is 0.393. The van der Waals surface area contributed by atoms with Gasteiger partial charge in [0.1, 0.15) is 6.04 Å². The number of hydrogen-bond acceptors (Lipinski definition) is 9. The number of rotatable bonds is 11. The molecule has 0 saturated heterocycles. The predicted octanol–water partition coefficient (Wildman–Crippen LogP) is 1.70. The summed E-state index contributed by atoms with van der Waals surface area (Å²) in [5.41, 5.74) is 3.10. The van der Waals surface area contributed by atoms with E-state index < -0.39 is 46.6 Å². The molecule has 0 unspecified atom stereocenters. The van der Waals surface area contributed by atoms with Crippen LogP contribution in [0.1, 0.15) is 33.5 Å². The molecule has 0 fully saturated rings. The molecule has 1 aliphatic rings. The van der Waals surface area contributed by atoms with Crippen LogP contribution < -0.4 is 20.7 Å². The minimum absolute atomic E-state index is 0.0351. The maximum Gasteiger partial charge on any atom is 0.490 e. The van der Waals surface area contributed by atoms with E-state index in [9.17, 15) is 36.3 Å². The van der Waals surface area contributed by atoms with Crippen LogP contribution in [0.25, 0.3) is 10.9 Å². The molecule has 0 spiro atoms. The molecule has 0 bridgehead atoms. The molecule has 0 saturated carbocycles. The molecule has 0 radical (unpaired) electrons. The average Bonchev–Trinajstić information content (AvgIpc) is 3.62. The number of aliphatic carboxylic acids is 2. The Morgan fingerprint density at radius 1 is 1.09 bits per heavy atom. The highest BCUT2D eigenvalue weighted by atomic mass is 32.2. The van der Waals surface area contributed by atoms with Crippen molar-refractivity contribution < 1.29 is 46.2 Å². The molecule has 2 heterocycles. The van der Waals surface area contributed by atoms with Crippen molar-refractivity contribution in [3.8, 4) is 0 Å². The number of nitrogens with zero attached hydrogens (tertiary/aromatic N) is 3.